The summed E-state index contributed by atoms with van der Waals surface area (Å²) in [5.74, 6) is -1.03. The van der Waals surface area contributed by atoms with E-state index in [1.54, 1.807) is 0 Å². The molecule has 4 aromatic rings. The highest BCUT2D eigenvalue weighted by atomic mass is 19.3. The molecule has 0 aliphatic heterocycles. The minimum Gasteiger partial charge on any atom is -0.387 e. The number of pyridine rings is 2. The standard InChI is InChI=1S/C22H22F4N8O2/c1-22(2,36)17(24)9-29-21(35)15-8-27-19(34-20-12(5-31-34)3-13(23)6-28-20)4-16(15)32-14-7-30-33(10-14)11-18(25)26/h3-8,10,17-18,36H,9,11H2,1-2H3,(H,27,32)(H,29,35). The summed E-state index contributed by atoms with van der Waals surface area (Å²) in [6, 6.07) is 2.69. The van der Waals surface area contributed by atoms with E-state index in [1.807, 2.05) is 0 Å². The van der Waals surface area contributed by atoms with Crippen LogP contribution in [0.3, 0.4) is 0 Å². The molecule has 10 nitrogen and oxygen atoms in total. The van der Waals surface area contributed by atoms with Gasteiger partial charge in [0, 0.05) is 23.8 Å². The average Bonchev–Trinajstić information content (AvgIpc) is 3.42. The molecule has 0 aliphatic rings. The van der Waals surface area contributed by atoms with Crippen molar-refractivity contribution in [3.8, 4) is 5.82 Å². The van der Waals surface area contributed by atoms with E-state index in [0.29, 0.717) is 16.7 Å². The van der Waals surface area contributed by atoms with Gasteiger partial charge in [-0.3, -0.25) is 9.48 Å². The number of aromatic nitrogens is 6. The minimum atomic E-state index is -2.61. The molecule has 0 aromatic carbocycles. The van der Waals surface area contributed by atoms with Gasteiger partial charge in [-0.05, 0) is 19.9 Å². The molecule has 0 fully saturated rings. The van der Waals surface area contributed by atoms with Gasteiger partial charge in [0.1, 0.15) is 18.5 Å². The normalized spacial score (nSPS) is 12.8. The fourth-order valence-electron chi connectivity index (χ4n) is 3.26. The van der Waals surface area contributed by atoms with E-state index in [9.17, 15) is 27.5 Å². The van der Waals surface area contributed by atoms with Crippen molar-refractivity contribution < 1.29 is 27.5 Å². The number of alkyl halides is 3. The maximum atomic E-state index is 14.2. The van der Waals surface area contributed by atoms with Gasteiger partial charge in [0.15, 0.2) is 11.5 Å². The zero-order valence-electron chi connectivity index (χ0n) is 19.2. The van der Waals surface area contributed by atoms with Crippen LogP contribution in [0.25, 0.3) is 16.9 Å². The smallest absolute Gasteiger partial charge is 0.257 e. The van der Waals surface area contributed by atoms with E-state index in [-0.39, 0.29) is 17.1 Å². The Morgan fingerprint density at radius 3 is 2.61 bits per heavy atom. The molecular weight excluding hydrogens is 484 g/mol. The molecule has 4 rings (SSSR count). The van der Waals surface area contributed by atoms with Crippen molar-refractivity contribution in [1.29, 1.82) is 0 Å². The van der Waals surface area contributed by atoms with Crippen molar-refractivity contribution in [3.05, 3.63) is 54.5 Å². The second-order valence-corrected chi connectivity index (χ2v) is 8.51. The Bertz CT molecular complexity index is 1380. The number of amides is 1. The lowest BCUT2D eigenvalue weighted by molar-refractivity contribution is -0.00177. The zero-order valence-corrected chi connectivity index (χ0v) is 19.2. The lowest BCUT2D eigenvalue weighted by Gasteiger charge is -2.22. The Kier molecular flexibility index (Phi) is 6.88. The third-order valence-corrected chi connectivity index (χ3v) is 5.17. The van der Waals surface area contributed by atoms with Crippen LogP contribution in [0.1, 0.15) is 24.2 Å². The van der Waals surface area contributed by atoms with Crippen LogP contribution in [0.4, 0.5) is 28.9 Å². The summed E-state index contributed by atoms with van der Waals surface area (Å²) in [4.78, 5) is 21.1. The molecule has 190 valence electrons. The first-order chi connectivity index (χ1) is 17.0. The summed E-state index contributed by atoms with van der Waals surface area (Å²) in [6.45, 7) is 1.47. The Hall–Kier alpha value is -4.07. The van der Waals surface area contributed by atoms with Crippen LogP contribution < -0.4 is 10.6 Å². The number of hydrogen-bond acceptors (Lipinski definition) is 7. The SMILES string of the molecule is CC(C)(O)C(F)CNC(=O)c1cnc(-n2ncc3cc(F)cnc32)cc1Nc1cnn(CC(F)F)c1. The third kappa shape index (κ3) is 5.59. The number of nitrogens with one attached hydrogen (secondary N) is 2. The topological polar surface area (TPSA) is 123 Å². The van der Waals surface area contributed by atoms with E-state index in [0.717, 1.165) is 10.9 Å². The zero-order chi connectivity index (χ0) is 26.0. The van der Waals surface area contributed by atoms with Crippen LogP contribution in [0.15, 0.2) is 43.1 Å². The Morgan fingerprint density at radius 1 is 1.11 bits per heavy atom. The molecule has 0 saturated heterocycles. The highest BCUT2D eigenvalue weighted by molar-refractivity contribution is 6.00. The maximum Gasteiger partial charge on any atom is 0.257 e. The number of rotatable bonds is 9. The van der Waals surface area contributed by atoms with Crippen LogP contribution in [-0.2, 0) is 6.54 Å². The Balaban J connectivity index is 1.68. The molecule has 4 heterocycles. The van der Waals surface area contributed by atoms with E-state index in [2.05, 4.69) is 30.8 Å². The van der Waals surface area contributed by atoms with Crippen molar-refractivity contribution in [2.75, 3.05) is 11.9 Å². The first kappa shape index (κ1) is 25.0. The van der Waals surface area contributed by atoms with Crippen molar-refractivity contribution in [1.82, 2.24) is 34.8 Å². The van der Waals surface area contributed by atoms with E-state index in [4.69, 9.17) is 0 Å². The van der Waals surface area contributed by atoms with Crippen molar-refractivity contribution in [2.24, 2.45) is 0 Å². The fourth-order valence-corrected chi connectivity index (χ4v) is 3.26. The van der Waals surface area contributed by atoms with Gasteiger partial charge in [-0.2, -0.15) is 14.9 Å². The molecule has 1 amide bonds. The van der Waals surface area contributed by atoms with Crippen LogP contribution in [0, 0.1) is 5.82 Å². The molecule has 36 heavy (non-hydrogen) atoms. The van der Waals surface area contributed by atoms with E-state index in [1.165, 1.54) is 55.4 Å². The summed E-state index contributed by atoms with van der Waals surface area (Å²) in [7, 11) is 0. The number of carbonyl (C=O) groups excluding carboxylic acids is 1. The highest BCUT2D eigenvalue weighted by Crippen LogP contribution is 2.25. The first-order valence-electron chi connectivity index (χ1n) is 10.7. The van der Waals surface area contributed by atoms with Gasteiger partial charge in [0.2, 0.25) is 0 Å². The lowest BCUT2D eigenvalue weighted by atomic mass is 10.0. The Labute approximate surface area is 202 Å². The molecule has 0 aliphatic carbocycles. The molecular formula is C22H22F4N8O2. The lowest BCUT2D eigenvalue weighted by Crippen LogP contribution is -2.42. The molecule has 0 radical (unpaired) electrons. The van der Waals surface area contributed by atoms with Crippen molar-refractivity contribution in [2.45, 2.75) is 38.6 Å². The van der Waals surface area contributed by atoms with Gasteiger partial charge >= 0.3 is 0 Å². The van der Waals surface area contributed by atoms with Gasteiger partial charge in [0.05, 0.1) is 47.7 Å². The average molecular weight is 506 g/mol. The second kappa shape index (κ2) is 9.89. The molecule has 4 aromatic heterocycles. The second-order valence-electron chi connectivity index (χ2n) is 8.51. The van der Waals surface area contributed by atoms with Gasteiger partial charge in [-0.15, -0.1) is 0 Å². The summed E-state index contributed by atoms with van der Waals surface area (Å²) in [6.07, 6.45) is 1.91. The predicted molar refractivity (Wildman–Crippen MR) is 122 cm³/mol. The summed E-state index contributed by atoms with van der Waals surface area (Å²) in [5, 5.41) is 23.6. The van der Waals surface area contributed by atoms with Gasteiger partial charge in [-0.1, -0.05) is 0 Å². The predicted octanol–water partition coefficient (Wildman–Crippen LogP) is 3.00. The van der Waals surface area contributed by atoms with Crippen molar-refractivity contribution >= 4 is 28.3 Å². The van der Waals surface area contributed by atoms with Crippen LogP contribution in [0.2, 0.25) is 0 Å². The summed E-state index contributed by atoms with van der Waals surface area (Å²) < 4.78 is 55.4. The van der Waals surface area contributed by atoms with Gasteiger partial charge in [0.25, 0.3) is 12.3 Å². The number of halogens is 4. The van der Waals surface area contributed by atoms with Crippen LogP contribution in [0.5, 0.6) is 0 Å². The monoisotopic (exact) mass is 506 g/mol. The number of hydrogen-bond donors (Lipinski definition) is 3. The van der Waals surface area contributed by atoms with Gasteiger partial charge in [-0.25, -0.2) is 27.5 Å². The van der Waals surface area contributed by atoms with Crippen molar-refractivity contribution in [3.63, 3.8) is 0 Å². The number of nitrogens with zero attached hydrogens (tertiary/aromatic N) is 6. The molecule has 3 N–H and O–H groups in total. The van der Waals surface area contributed by atoms with Gasteiger partial charge < -0.3 is 15.7 Å². The summed E-state index contributed by atoms with van der Waals surface area (Å²) >= 11 is 0. The third-order valence-electron chi connectivity index (χ3n) is 5.17. The van der Waals surface area contributed by atoms with Crippen LogP contribution in [-0.4, -0.2) is 65.3 Å². The maximum absolute atomic E-state index is 14.2. The molecule has 0 bridgehead atoms. The van der Waals surface area contributed by atoms with E-state index >= 15 is 0 Å². The first-order valence-corrected chi connectivity index (χ1v) is 10.7. The number of anilines is 2. The molecule has 1 atom stereocenters. The molecule has 14 heteroatoms. The number of aliphatic hydroxyl groups is 1. The molecule has 1 unspecified atom stereocenters. The van der Waals surface area contributed by atoms with E-state index < -0.39 is 43.0 Å². The number of fused-ring (bicyclic) bond motifs is 1. The molecule has 0 spiro atoms. The minimum absolute atomic E-state index is 0.00114. The number of carbonyl (C=O) groups is 1. The largest absolute Gasteiger partial charge is 0.387 e. The quantitative estimate of drug-likeness (QED) is 0.298. The Morgan fingerprint density at radius 2 is 1.89 bits per heavy atom. The summed E-state index contributed by atoms with van der Waals surface area (Å²) in [5.41, 5.74) is -0.879. The van der Waals surface area contributed by atoms with Crippen LogP contribution >= 0.6 is 0 Å². The molecule has 0 saturated carbocycles. The fraction of sp³-hybridized carbons (Fsp3) is 0.318. The highest BCUT2D eigenvalue weighted by Gasteiger charge is 2.27.